The van der Waals surface area contributed by atoms with Gasteiger partial charge in [0.15, 0.2) is 0 Å². The van der Waals surface area contributed by atoms with Crippen molar-refractivity contribution in [2.24, 2.45) is 0 Å². The first-order chi connectivity index (χ1) is 13.6. The number of carbonyl (C=O) groups is 3. The van der Waals surface area contributed by atoms with E-state index in [1.165, 1.54) is 23.8 Å². The minimum absolute atomic E-state index is 0.219. The minimum Gasteiger partial charge on any atom is -0.351 e. The number of rotatable bonds is 6. The van der Waals surface area contributed by atoms with E-state index in [-0.39, 0.29) is 24.3 Å². The topological polar surface area (TPSA) is 69.7 Å². The highest BCUT2D eigenvalue weighted by Gasteiger charge is 2.35. The second-order valence-corrected chi connectivity index (χ2v) is 7.25. The SMILES string of the molecule is O=C(NCCN1CCCC1)c1ccc2c(c1)C(=O)N(Cc1ccccc1)C2=O. The van der Waals surface area contributed by atoms with Crippen molar-refractivity contribution in [3.05, 3.63) is 70.8 Å². The van der Waals surface area contributed by atoms with E-state index < -0.39 is 0 Å². The van der Waals surface area contributed by atoms with Crippen LogP contribution in [0.2, 0.25) is 0 Å². The number of nitrogens with zero attached hydrogens (tertiary/aromatic N) is 2. The maximum atomic E-state index is 12.7. The Hall–Kier alpha value is -2.99. The van der Waals surface area contributed by atoms with E-state index in [1.807, 2.05) is 30.3 Å². The van der Waals surface area contributed by atoms with Gasteiger partial charge in [0.2, 0.25) is 0 Å². The summed E-state index contributed by atoms with van der Waals surface area (Å²) in [5.74, 6) is -0.885. The summed E-state index contributed by atoms with van der Waals surface area (Å²) in [6.07, 6.45) is 2.43. The highest BCUT2D eigenvalue weighted by atomic mass is 16.2. The second kappa shape index (κ2) is 7.94. The molecule has 6 nitrogen and oxygen atoms in total. The van der Waals surface area contributed by atoms with Crippen LogP contribution in [0.3, 0.4) is 0 Å². The average Bonchev–Trinajstić information content (AvgIpc) is 3.31. The standard InChI is InChI=1S/C22H23N3O3/c26-20(23-10-13-24-11-4-5-12-24)17-8-9-18-19(14-17)22(28)25(21(18)27)15-16-6-2-1-3-7-16/h1-3,6-9,14H,4-5,10-13,15H2,(H,23,26). The Balaban J connectivity index is 1.43. The Morgan fingerprint density at radius 2 is 1.64 bits per heavy atom. The van der Waals surface area contributed by atoms with Crippen LogP contribution in [0.15, 0.2) is 48.5 Å². The molecule has 1 saturated heterocycles. The predicted molar refractivity (Wildman–Crippen MR) is 105 cm³/mol. The first-order valence-corrected chi connectivity index (χ1v) is 9.68. The molecule has 1 fully saturated rings. The molecule has 0 unspecified atom stereocenters. The molecule has 0 aromatic heterocycles. The number of amides is 3. The van der Waals surface area contributed by atoms with Gasteiger partial charge >= 0.3 is 0 Å². The Morgan fingerprint density at radius 1 is 0.929 bits per heavy atom. The summed E-state index contributed by atoms with van der Waals surface area (Å²) in [4.78, 5) is 41.3. The zero-order chi connectivity index (χ0) is 19.5. The van der Waals surface area contributed by atoms with Gasteiger partial charge in [0.1, 0.15) is 0 Å². The molecule has 2 aliphatic heterocycles. The Kier molecular flexibility index (Phi) is 5.21. The molecule has 4 rings (SSSR count). The lowest BCUT2D eigenvalue weighted by Crippen LogP contribution is -2.33. The minimum atomic E-state index is -0.351. The number of nitrogens with one attached hydrogen (secondary N) is 1. The van der Waals surface area contributed by atoms with E-state index in [2.05, 4.69) is 10.2 Å². The van der Waals surface area contributed by atoms with E-state index in [0.717, 1.165) is 25.2 Å². The highest BCUT2D eigenvalue weighted by Crippen LogP contribution is 2.25. The van der Waals surface area contributed by atoms with Gasteiger partial charge in [-0.15, -0.1) is 0 Å². The molecule has 0 saturated carbocycles. The van der Waals surface area contributed by atoms with Crippen LogP contribution in [-0.2, 0) is 6.54 Å². The van der Waals surface area contributed by atoms with Gasteiger partial charge in [-0.1, -0.05) is 30.3 Å². The first kappa shape index (κ1) is 18.4. The fraction of sp³-hybridized carbons (Fsp3) is 0.318. The molecule has 1 N–H and O–H groups in total. The number of carbonyl (C=O) groups excluding carboxylic acids is 3. The van der Waals surface area contributed by atoms with Gasteiger partial charge in [-0.3, -0.25) is 19.3 Å². The molecule has 2 aromatic rings. The summed E-state index contributed by atoms with van der Waals surface area (Å²) in [5, 5.41) is 2.90. The van der Waals surface area contributed by atoms with Crippen molar-refractivity contribution in [1.82, 2.24) is 15.1 Å². The molecule has 2 aromatic carbocycles. The lowest BCUT2D eigenvalue weighted by molar-refractivity contribution is 0.0642. The number of imide groups is 1. The number of benzene rings is 2. The molecule has 28 heavy (non-hydrogen) atoms. The van der Waals surface area contributed by atoms with Crippen molar-refractivity contribution in [2.45, 2.75) is 19.4 Å². The molecule has 2 heterocycles. The van der Waals surface area contributed by atoms with Gasteiger partial charge in [-0.05, 0) is 49.7 Å². The largest absolute Gasteiger partial charge is 0.351 e. The molecule has 0 radical (unpaired) electrons. The molecule has 2 aliphatic rings. The quantitative estimate of drug-likeness (QED) is 0.785. The molecule has 144 valence electrons. The van der Waals surface area contributed by atoms with Crippen LogP contribution in [0.4, 0.5) is 0 Å². The third-order valence-corrected chi connectivity index (χ3v) is 5.33. The Morgan fingerprint density at radius 3 is 2.39 bits per heavy atom. The summed E-state index contributed by atoms with van der Waals surface area (Å²) in [6, 6.07) is 14.1. The number of fused-ring (bicyclic) bond motifs is 1. The Labute approximate surface area is 164 Å². The lowest BCUT2D eigenvalue weighted by Gasteiger charge is -2.14. The lowest BCUT2D eigenvalue weighted by atomic mass is 10.1. The fourth-order valence-corrected chi connectivity index (χ4v) is 3.78. The van der Waals surface area contributed by atoms with Crippen molar-refractivity contribution < 1.29 is 14.4 Å². The van der Waals surface area contributed by atoms with Crippen LogP contribution in [-0.4, -0.2) is 53.7 Å². The molecule has 3 amide bonds. The molecule has 0 bridgehead atoms. The van der Waals surface area contributed by atoms with Gasteiger partial charge in [0, 0.05) is 18.7 Å². The third kappa shape index (κ3) is 3.68. The number of hydrogen-bond acceptors (Lipinski definition) is 4. The first-order valence-electron chi connectivity index (χ1n) is 9.68. The molecule has 0 aliphatic carbocycles. The van der Waals surface area contributed by atoms with Gasteiger partial charge in [0.05, 0.1) is 17.7 Å². The maximum absolute atomic E-state index is 12.7. The zero-order valence-electron chi connectivity index (χ0n) is 15.7. The fourth-order valence-electron chi connectivity index (χ4n) is 3.78. The van der Waals surface area contributed by atoms with E-state index in [0.29, 0.717) is 23.2 Å². The number of hydrogen-bond donors (Lipinski definition) is 1. The van der Waals surface area contributed by atoms with Crippen LogP contribution in [0.25, 0.3) is 0 Å². The second-order valence-electron chi connectivity index (χ2n) is 7.25. The highest BCUT2D eigenvalue weighted by molar-refractivity contribution is 6.22. The molecular weight excluding hydrogens is 354 g/mol. The van der Waals surface area contributed by atoms with E-state index in [9.17, 15) is 14.4 Å². The summed E-state index contributed by atoms with van der Waals surface area (Å²) in [7, 11) is 0. The van der Waals surface area contributed by atoms with Crippen LogP contribution in [0.5, 0.6) is 0 Å². The predicted octanol–water partition coefficient (Wildman–Crippen LogP) is 2.31. The zero-order valence-corrected chi connectivity index (χ0v) is 15.7. The van der Waals surface area contributed by atoms with Crippen molar-refractivity contribution in [2.75, 3.05) is 26.2 Å². The maximum Gasteiger partial charge on any atom is 0.261 e. The van der Waals surface area contributed by atoms with Gasteiger partial charge < -0.3 is 10.2 Å². The van der Waals surface area contributed by atoms with E-state index >= 15 is 0 Å². The van der Waals surface area contributed by atoms with E-state index in [1.54, 1.807) is 12.1 Å². The van der Waals surface area contributed by atoms with Crippen LogP contribution >= 0.6 is 0 Å². The average molecular weight is 377 g/mol. The Bertz CT molecular complexity index is 904. The summed E-state index contributed by atoms with van der Waals surface area (Å²) in [6.45, 7) is 3.80. The van der Waals surface area contributed by atoms with Crippen molar-refractivity contribution >= 4 is 17.7 Å². The van der Waals surface area contributed by atoms with Crippen molar-refractivity contribution in [3.8, 4) is 0 Å². The third-order valence-electron chi connectivity index (χ3n) is 5.33. The van der Waals surface area contributed by atoms with Crippen LogP contribution < -0.4 is 5.32 Å². The molecular formula is C22H23N3O3. The van der Waals surface area contributed by atoms with E-state index in [4.69, 9.17) is 0 Å². The summed E-state index contributed by atoms with van der Waals surface area (Å²) in [5.41, 5.74) is 1.95. The summed E-state index contributed by atoms with van der Waals surface area (Å²) >= 11 is 0. The molecule has 6 heteroatoms. The smallest absolute Gasteiger partial charge is 0.261 e. The monoisotopic (exact) mass is 377 g/mol. The van der Waals surface area contributed by atoms with Crippen LogP contribution in [0.1, 0.15) is 49.5 Å². The van der Waals surface area contributed by atoms with Crippen LogP contribution in [0, 0.1) is 0 Å². The van der Waals surface area contributed by atoms with Gasteiger partial charge in [-0.2, -0.15) is 0 Å². The normalized spacial score (nSPS) is 16.5. The molecule has 0 spiro atoms. The van der Waals surface area contributed by atoms with Crippen molar-refractivity contribution in [3.63, 3.8) is 0 Å². The van der Waals surface area contributed by atoms with Gasteiger partial charge in [0.25, 0.3) is 17.7 Å². The van der Waals surface area contributed by atoms with Crippen molar-refractivity contribution in [1.29, 1.82) is 0 Å². The van der Waals surface area contributed by atoms with Gasteiger partial charge in [-0.25, -0.2) is 0 Å². The molecule has 0 atom stereocenters. The number of likely N-dealkylation sites (tertiary alicyclic amines) is 1. The summed E-state index contributed by atoms with van der Waals surface area (Å²) < 4.78 is 0.